The van der Waals surface area contributed by atoms with Gasteiger partial charge in [0.1, 0.15) is 5.78 Å². The van der Waals surface area contributed by atoms with Crippen LogP contribution in [0.5, 0.6) is 0 Å². The van der Waals surface area contributed by atoms with Crippen LogP contribution in [0.2, 0.25) is 0 Å². The van der Waals surface area contributed by atoms with E-state index in [-0.39, 0.29) is 25.2 Å². The van der Waals surface area contributed by atoms with Gasteiger partial charge in [-0.2, -0.15) is 0 Å². The van der Waals surface area contributed by atoms with Crippen molar-refractivity contribution in [1.82, 2.24) is 0 Å². The van der Waals surface area contributed by atoms with Crippen LogP contribution >= 0.6 is 0 Å². The molecule has 0 radical (unpaired) electrons. The molecule has 0 spiro atoms. The second-order valence-electron chi connectivity index (χ2n) is 1.98. The highest BCUT2D eigenvalue weighted by Crippen LogP contribution is 1.93. The molecule has 12 heavy (non-hydrogen) atoms. The van der Waals surface area contributed by atoms with Gasteiger partial charge >= 0.3 is 12.1 Å². The fraction of sp³-hybridized carbons (Fsp3) is 0.500. The zero-order chi connectivity index (χ0) is 9.56. The molecule has 6 heteroatoms. The molecule has 0 fully saturated rings. The van der Waals surface area contributed by atoms with E-state index >= 15 is 0 Å². The summed E-state index contributed by atoms with van der Waals surface area (Å²) in [5.74, 6) is -1.25. The Bertz CT molecular complexity index is 200. The minimum atomic E-state index is -1.67. The first-order valence-electron chi connectivity index (χ1n) is 3.21. The molecular formula is C6H9NO5. The number of carbonyl (C=O) groups is 3. The summed E-state index contributed by atoms with van der Waals surface area (Å²) in [5.41, 5.74) is 4.94. The van der Waals surface area contributed by atoms with E-state index in [4.69, 9.17) is 10.8 Å². The van der Waals surface area contributed by atoms with Gasteiger partial charge < -0.3 is 15.6 Å². The highest BCUT2D eigenvalue weighted by Gasteiger charge is 2.09. The summed E-state index contributed by atoms with van der Waals surface area (Å²) in [6.45, 7) is -0.152. The Morgan fingerprint density at radius 1 is 1.25 bits per heavy atom. The van der Waals surface area contributed by atoms with Crippen molar-refractivity contribution in [1.29, 1.82) is 0 Å². The molecule has 0 atom stereocenters. The molecule has 0 aliphatic carbocycles. The number of ketones is 1. The molecule has 0 heterocycles. The minimum absolute atomic E-state index is 0.0807. The van der Waals surface area contributed by atoms with Crippen molar-refractivity contribution in [3.63, 3.8) is 0 Å². The Labute approximate surface area is 68.3 Å². The zero-order valence-electron chi connectivity index (χ0n) is 6.28. The number of nitrogens with two attached hydrogens (primary N) is 1. The Balaban J connectivity index is 3.57. The van der Waals surface area contributed by atoms with Gasteiger partial charge in [-0.3, -0.25) is 9.59 Å². The zero-order valence-corrected chi connectivity index (χ0v) is 6.28. The lowest BCUT2D eigenvalue weighted by atomic mass is 10.2. The Kier molecular flexibility index (Phi) is 4.62. The summed E-state index contributed by atoms with van der Waals surface area (Å²) in [6, 6.07) is 0. The number of hydrogen-bond donors (Lipinski definition) is 2. The lowest BCUT2D eigenvalue weighted by Gasteiger charge is -1.96. The third kappa shape index (κ3) is 5.36. The van der Waals surface area contributed by atoms with Gasteiger partial charge in [0, 0.05) is 6.42 Å². The predicted octanol–water partition coefficient (Wildman–Crippen LogP) is -0.484. The van der Waals surface area contributed by atoms with Gasteiger partial charge in [0.25, 0.3) is 0 Å². The smallest absolute Gasteiger partial charge is 0.449 e. The molecule has 0 bridgehead atoms. The SMILES string of the molecule is NCC(=O)CCC(=O)OC(=O)O. The maximum atomic E-state index is 10.5. The quantitative estimate of drug-likeness (QED) is 0.441. The molecule has 0 aromatic heterocycles. The Hall–Kier alpha value is -1.43. The van der Waals surface area contributed by atoms with Crippen LogP contribution in [0.1, 0.15) is 12.8 Å². The van der Waals surface area contributed by atoms with Crippen molar-refractivity contribution in [3.8, 4) is 0 Å². The molecule has 0 saturated carbocycles. The number of carbonyl (C=O) groups excluding carboxylic acids is 2. The lowest BCUT2D eigenvalue weighted by Crippen LogP contribution is -2.16. The van der Waals surface area contributed by atoms with Crippen LogP contribution in [0, 0.1) is 0 Å². The summed E-state index contributed by atoms with van der Waals surface area (Å²) in [5, 5.41) is 7.95. The van der Waals surface area contributed by atoms with Crippen molar-refractivity contribution in [2.45, 2.75) is 12.8 Å². The fourth-order valence-electron chi connectivity index (χ4n) is 0.492. The van der Waals surface area contributed by atoms with E-state index in [2.05, 4.69) is 4.74 Å². The summed E-state index contributed by atoms with van der Waals surface area (Å²) >= 11 is 0. The molecule has 0 aromatic rings. The van der Waals surface area contributed by atoms with Gasteiger partial charge in [-0.1, -0.05) is 0 Å². The molecule has 0 aromatic carbocycles. The summed E-state index contributed by atoms with van der Waals surface area (Å²) in [7, 11) is 0. The number of carboxylic acid groups (broad SMARTS) is 1. The second kappa shape index (κ2) is 5.25. The van der Waals surface area contributed by atoms with Gasteiger partial charge in [-0.25, -0.2) is 4.79 Å². The molecule has 0 unspecified atom stereocenters. The van der Waals surface area contributed by atoms with E-state index in [0.717, 1.165) is 0 Å². The van der Waals surface area contributed by atoms with Gasteiger partial charge in [-0.15, -0.1) is 0 Å². The van der Waals surface area contributed by atoms with Crippen LogP contribution in [0.15, 0.2) is 0 Å². The topological polar surface area (TPSA) is 107 Å². The van der Waals surface area contributed by atoms with Crippen LogP contribution in [0.3, 0.4) is 0 Å². The van der Waals surface area contributed by atoms with E-state index in [1.165, 1.54) is 0 Å². The van der Waals surface area contributed by atoms with Crippen LogP contribution in [-0.2, 0) is 14.3 Å². The first-order valence-corrected chi connectivity index (χ1v) is 3.21. The molecular weight excluding hydrogens is 166 g/mol. The highest BCUT2D eigenvalue weighted by molar-refractivity contribution is 5.87. The first kappa shape index (κ1) is 10.6. The normalized spacial score (nSPS) is 9.08. The largest absolute Gasteiger partial charge is 0.513 e. The molecule has 0 rings (SSSR count). The van der Waals surface area contributed by atoms with Crippen molar-refractivity contribution in [2.24, 2.45) is 5.73 Å². The van der Waals surface area contributed by atoms with Gasteiger partial charge in [0.15, 0.2) is 0 Å². The van der Waals surface area contributed by atoms with E-state index in [1.807, 2.05) is 0 Å². The van der Waals surface area contributed by atoms with Crippen molar-refractivity contribution in [2.75, 3.05) is 6.54 Å². The summed E-state index contributed by atoms with van der Waals surface area (Å²) in [6.07, 6.45) is -1.99. The summed E-state index contributed by atoms with van der Waals surface area (Å²) < 4.78 is 3.73. The molecule has 0 aliphatic rings. The predicted molar refractivity (Wildman–Crippen MR) is 37.4 cm³/mol. The average Bonchev–Trinajstić information content (AvgIpc) is 1.99. The van der Waals surface area contributed by atoms with Crippen LogP contribution < -0.4 is 5.73 Å². The third-order valence-electron chi connectivity index (χ3n) is 1.04. The molecule has 68 valence electrons. The van der Waals surface area contributed by atoms with E-state index in [0.29, 0.717) is 0 Å². The van der Waals surface area contributed by atoms with Gasteiger partial charge in [0.2, 0.25) is 0 Å². The molecule has 0 aliphatic heterocycles. The van der Waals surface area contributed by atoms with Crippen LogP contribution in [-0.4, -0.2) is 29.6 Å². The number of Topliss-reactive ketones (excluding diaryl/α,β-unsaturated/α-hetero) is 1. The molecule has 0 saturated heterocycles. The standard InChI is InChI=1S/C6H9NO5/c7-3-4(8)1-2-5(9)12-6(10)11/h1-3,7H2,(H,10,11). The lowest BCUT2D eigenvalue weighted by molar-refractivity contribution is -0.140. The maximum Gasteiger partial charge on any atom is 0.513 e. The van der Waals surface area contributed by atoms with Crippen molar-refractivity contribution >= 4 is 17.9 Å². The van der Waals surface area contributed by atoms with E-state index < -0.39 is 12.1 Å². The monoisotopic (exact) mass is 175 g/mol. The van der Waals surface area contributed by atoms with E-state index in [9.17, 15) is 14.4 Å². The molecule has 0 amide bonds. The van der Waals surface area contributed by atoms with Gasteiger partial charge in [0.05, 0.1) is 13.0 Å². The second-order valence-corrected chi connectivity index (χ2v) is 1.98. The van der Waals surface area contributed by atoms with Crippen LogP contribution in [0.4, 0.5) is 4.79 Å². The summed E-state index contributed by atoms with van der Waals surface area (Å²) in [4.78, 5) is 30.8. The molecule has 3 N–H and O–H groups in total. The van der Waals surface area contributed by atoms with Crippen molar-refractivity contribution < 1.29 is 24.2 Å². The third-order valence-corrected chi connectivity index (χ3v) is 1.04. The molecule has 6 nitrogen and oxygen atoms in total. The van der Waals surface area contributed by atoms with Gasteiger partial charge in [-0.05, 0) is 0 Å². The van der Waals surface area contributed by atoms with Crippen molar-refractivity contribution in [3.05, 3.63) is 0 Å². The number of rotatable bonds is 4. The fourth-order valence-corrected chi connectivity index (χ4v) is 0.492. The Morgan fingerprint density at radius 3 is 2.25 bits per heavy atom. The highest BCUT2D eigenvalue weighted by atomic mass is 16.7. The average molecular weight is 175 g/mol. The number of esters is 1. The van der Waals surface area contributed by atoms with E-state index in [1.54, 1.807) is 0 Å². The van der Waals surface area contributed by atoms with Crippen LogP contribution in [0.25, 0.3) is 0 Å². The number of ether oxygens (including phenoxy) is 1. The Morgan fingerprint density at radius 2 is 1.83 bits per heavy atom. The first-order chi connectivity index (χ1) is 5.56. The number of hydrogen-bond acceptors (Lipinski definition) is 5. The minimum Gasteiger partial charge on any atom is -0.449 e. The maximum absolute atomic E-state index is 10.5.